The molecule has 0 aliphatic carbocycles. The van der Waals surface area contributed by atoms with Gasteiger partial charge in [-0.2, -0.15) is 0 Å². The lowest BCUT2D eigenvalue weighted by Crippen LogP contribution is -2.26. The summed E-state index contributed by atoms with van der Waals surface area (Å²) in [5.74, 6) is 0.584. The van der Waals surface area contributed by atoms with Crippen molar-refractivity contribution in [3.05, 3.63) is 0 Å². The van der Waals surface area contributed by atoms with E-state index in [4.69, 9.17) is 0 Å². The average Bonchev–Trinajstić information content (AvgIpc) is 2.06. The summed E-state index contributed by atoms with van der Waals surface area (Å²) in [7, 11) is 0. The van der Waals surface area contributed by atoms with E-state index in [0.717, 1.165) is 12.8 Å². The Hall–Kier alpha value is -0.700. The van der Waals surface area contributed by atoms with Crippen LogP contribution in [-0.2, 0) is 9.59 Å². The number of carbonyl (C=O) groups excluding carboxylic acids is 2. The smallest absolute Gasteiger partial charge is 0.146 e. The molecule has 0 spiro atoms. The SMILES string of the molecule is O=C1CCCCC(=O)CNCC1. The fourth-order valence-electron chi connectivity index (χ4n) is 1.31. The molecule has 0 radical (unpaired) electrons. The molecule has 1 N–H and O–H groups in total. The van der Waals surface area contributed by atoms with Crippen molar-refractivity contribution in [1.82, 2.24) is 5.32 Å². The van der Waals surface area contributed by atoms with Gasteiger partial charge in [-0.3, -0.25) is 9.59 Å². The van der Waals surface area contributed by atoms with E-state index >= 15 is 0 Å². The van der Waals surface area contributed by atoms with E-state index in [0.29, 0.717) is 38.1 Å². The van der Waals surface area contributed by atoms with E-state index in [2.05, 4.69) is 5.32 Å². The summed E-state index contributed by atoms with van der Waals surface area (Å²) in [5.41, 5.74) is 0. The molecule has 0 aromatic carbocycles. The minimum absolute atomic E-state index is 0.268. The highest BCUT2D eigenvalue weighted by atomic mass is 16.1. The van der Waals surface area contributed by atoms with Gasteiger partial charge >= 0.3 is 0 Å². The van der Waals surface area contributed by atoms with Crippen LogP contribution in [0, 0.1) is 0 Å². The van der Waals surface area contributed by atoms with Gasteiger partial charge in [0.15, 0.2) is 0 Å². The first-order valence-corrected chi connectivity index (χ1v) is 4.53. The average molecular weight is 169 g/mol. The first-order chi connectivity index (χ1) is 5.79. The Kier molecular flexibility index (Phi) is 3.94. The van der Waals surface area contributed by atoms with Gasteiger partial charge in [-0.25, -0.2) is 0 Å². The number of hydrogen-bond donors (Lipinski definition) is 1. The zero-order valence-electron chi connectivity index (χ0n) is 7.27. The Balaban J connectivity index is 2.29. The van der Waals surface area contributed by atoms with Gasteiger partial charge in [0.05, 0.1) is 6.54 Å². The summed E-state index contributed by atoms with van der Waals surface area (Å²) in [4.78, 5) is 22.1. The minimum atomic E-state index is 0.268. The van der Waals surface area contributed by atoms with Crippen molar-refractivity contribution in [2.24, 2.45) is 0 Å². The van der Waals surface area contributed by atoms with Crippen molar-refractivity contribution in [3.8, 4) is 0 Å². The molecule has 1 rings (SSSR count). The molecule has 0 aromatic rings. The van der Waals surface area contributed by atoms with E-state index in [1.807, 2.05) is 0 Å². The molecule has 1 saturated heterocycles. The second-order valence-corrected chi connectivity index (χ2v) is 3.21. The van der Waals surface area contributed by atoms with Crippen LogP contribution in [0.4, 0.5) is 0 Å². The summed E-state index contributed by atoms with van der Waals surface area (Å²) < 4.78 is 0. The standard InChI is InChI=1S/C9H15NO2/c11-8-3-1-2-4-9(12)7-10-6-5-8/h10H,1-7H2. The van der Waals surface area contributed by atoms with Crippen molar-refractivity contribution >= 4 is 11.6 Å². The summed E-state index contributed by atoms with van der Waals surface area (Å²) in [6.07, 6.45) is 3.60. The number of rotatable bonds is 0. The quantitative estimate of drug-likeness (QED) is 0.580. The molecule has 0 aromatic heterocycles. The largest absolute Gasteiger partial charge is 0.310 e. The van der Waals surface area contributed by atoms with Crippen LogP contribution in [0.2, 0.25) is 0 Å². The highest BCUT2D eigenvalue weighted by Crippen LogP contribution is 2.04. The lowest BCUT2D eigenvalue weighted by atomic mass is 10.1. The predicted molar refractivity (Wildman–Crippen MR) is 46.0 cm³/mol. The summed E-state index contributed by atoms with van der Waals surface area (Å²) in [6.45, 7) is 1.10. The molecule has 3 nitrogen and oxygen atoms in total. The van der Waals surface area contributed by atoms with Crippen LogP contribution in [0.3, 0.4) is 0 Å². The van der Waals surface area contributed by atoms with Gasteiger partial charge in [-0.1, -0.05) is 0 Å². The Morgan fingerprint density at radius 3 is 2.33 bits per heavy atom. The minimum Gasteiger partial charge on any atom is -0.310 e. The van der Waals surface area contributed by atoms with E-state index < -0.39 is 0 Å². The molecule has 0 amide bonds. The maximum atomic E-state index is 11.1. The van der Waals surface area contributed by atoms with E-state index in [1.54, 1.807) is 0 Å². The maximum absolute atomic E-state index is 11.1. The number of Topliss-reactive ketones (excluding diaryl/α,β-unsaturated/α-hetero) is 2. The number of carbonyl (C=O) groups is 2. The highest BCUT2D eigenvalue weighted by molar-refractivity contribution is 5.81. The lowest BCUT2D eigenvalue weighted by molar-refractivity contribution is -0.121. The molecule has 0 atom stereocenters. The summed E-state index contributed by atoms with van der Waals surface area (Å²) >= 11 is 0. The van der Waals surface area contributed by atoms with Crippen molar-refractivity contribution in [1.29, 1.82) is 0 Å². The molecule has 1 fully saturated rings. The van der Waals surface area contributed by atoms with Gasteiger partial charge in [-0.15, -0.1) is 0 Å². The third-order valence-corrected chi connectivity index (χ3v) is 2.06. The van der Waals surface area contributed by atoms with Crippen LogP contribution in [0.1, 0.15) is 32.1 Å². The van der Waals surface area contributed by atoms with E-state index in [-0.39, 0.29) is 5.78 Å². The fraction of sp³-hybridized carbons (Fsp3) is 0.778. The third-order valence-electron chi connectivity index (χ3n) is 2.06. The lowest BCUT2D eigenvalue weighted by Gasteiger charge is -2.06. The van der Waals surface area contributed by atoms with Crippen LogP contribution in [0.15, 0.2) is 0 Å². The second-order valence-electron chi connectivity index (χ2n) is 3.21. The van der Waals surface area contributed by atoms with Gasteiger partial charge in [0.2, 0.25) is 0 Å². The van der Waals surface area contributed by atoms with Gasteiger partial charge in [0.25, 0.3) is 0 Å². The Morgan fingerprint density at radius 1 is 0.917 bits per heavy atom. The molecule has 12 heavy (non-hydrogen) atoms. The zero-order chi connectivity index (χ0) is 8.81. The molecular formula is C9H15NO2. The number of ketones is 2. The molecule has 3 heteroatoms. The topological polar surface area (TPSA) is 46.2 Å². The molecule has 0 saturated carbocycles. The van der Waals surface area contributed by atoms with Crippen LogP contribution in [0.5, 0.6) is 0 Å². The highest BCUT2D eigenvalue weighted by Gasteiger charge is 2.07. The molecule has 1 aliphatic rings. The molecule has 1 heterocycles. The van der Waals surface area contributed by atoms with Crippen LogP contribution in [0.25, 0.3) is 0 Å². The Bertz CT molecular complexity index is 141. The van der Waals surface area contributed by atoms with Crippen molar-refractivity contribution in [3.63, 3.8) is 0 Å². The molecular weight excluding hydrogens is 154 g/mol. The zero-order valence-corrected chi connectivity index (χ0v) is 7.27. The molecule has 0 unspecified atom stereocenters. The fourth-order valence-corrected chi connectivity index (χ4v) is 1.31. The van der Waals surface area contributed by atoms with Crippen LogP contribution >= 0.6 is 0 Å². The van der Waals surface area contributed by atoms with Crippen molar-refractivity contribution in [2.45, 2.75) is 32.1 Å². The van der Waals surface area contributed by atoms with E-state index in [1.165, 1.54) is 0 Å². The first kappa shape index (κ1) is 9.39. The number of nitrogens with one attached hydrogen (secondary N) is 1. The van der Waals surface area contributed by atoms with Gasteiger partial charge in [-0.05, 0) is 12.8 Å². The summed E-state index contributed by atoms with van der Waals surface area (Å²) in [5, 5.41) is 2.96. The second kappa shape index (κ2) is 5.04. The predicted octanol–water partition coefficient (Wildman–Crippen LogP) is 0.678. The van der Waals surface area contributed by atoms with Gasteiger partial charge in [0, 0.05) is 25.8 Å². The Morgan fingerprint density at radius 2 is 1.58 bits per heavy atom. The molecule has 1 aliphatic heterocycles. The molecule has 68 valence electrons. The summed E-state index contributed by atoms with van der Waals surface area (Å²) in [6, 6.07) is 0. The van der Waals surface area contributed by atoms with Gasteiger partial charge < -0.3 is 5.32 Å². The van der Waals surface area contributed by atoms with Crippen LogP contribution < -0.4 is 5.32 Å². The maximum Gasteiger partial charge on any atom is 0.146 e. The van der Waals surface area contributed by atoms with Gasteiger partial charge in [0.1, 0.15) is 11.6 Å². The Labute approximate surface area is 72.5 Å². The van der Waals surface area contributed by atoms with Crippen LogP contribution in [-0.4, -0.2) is 24.7 Å². The van der Waals surface area contributed by atoms with Crippen molar-refractivity contribution in [2.75, 3.05) is 13.1 Å². The monoisotopic (exact) mass is 169 g/mol. The van der Waals surface area contributed by atoms with Crippen molar-refractivity contribution < 1.29 is 9.59 Å². The normalized spacial score (nSPS) is 22.3. The third kappa shape index (κ3) is 3.62. The van der Waals surface area contributed by atoms with E-state index in [9.17, 15) is 9.59 Å². The first-order valence-electron chi connectivity index (χ1n) is 4.53. The molecule has 0 bridgehead atoms. The number of hydrogen-bond acceptors (Lipinski definition) is 3.